The Labute approximate surface area is 302 Å². The number of alkyl carbamates (subject to hydrolysis) is 1. The maximum Gasteiger partial charge on any atom is 0.408 e. The van der Waals surface area contributed by atoms with Crippen LogP contribution in [0.5, 0.6) is 0 Å². The van der Waals surface area contributed by atoms with Gasteiger partial charge in [0.05, 0.1) is 29.5 Å². The standard InChI is InChI=1S/C36H62N6O9/c1-12-27-36(7)30(39-34(46)51-36)23(5)38-17-20(2)16-35(6,47-11)31(21(3)28(43)22(4)32(45)49-27)50-33-29(44)26(41(8)9)15-25(48-33)19-37-18-24-13-14-42(10)40-24/h13-14,20-23,25-27,29-31,33,37-38,44H,12,15-19H2,1-11H3,(H,39,46)/t20-,21+,22?,23-,25?,26?,27-,29?,30-,31-,33+,35-,36-/m1/s1. The van der Waals surface area contributed by atoms with Crippen molar-refractivity contribution in [2.45, 2.75) is 134 Å². The van der Waals surface area contributed by atoms with Crippen LogP contribution in [0.1, 0.15) is 73.4 Å². The SMILES string of the molecule is CC[C@H]1OC(=O)C(C)C(=O)[C@H](C)[C@@H](O[C@@H]2OC(CNCc3ccn(C)n3)CC(N(C)C)C2O)[C@](C)(OC)C[C@@H](C)CN[C@H](C)[C@H]2NC(=O)O[C@@]21C. The number of ether oxygens (including phenoxy) is 5. The van der Waals surface area contributed by atoms with Crippen LogP contribution in [0, 0.1) is 17.8 Å². The number of nitrogens with one attached hydrogen (secondary N) is 3. The third-order valence-electron chi connectivity index (χ3n) is 11.2. The van der Waals surface area contributed by atoms with Crippen molar-refractivity contribution in [3.8, 4) is 0 Å². The third-order valence-corrected chi connectivity index (χ3v) is 11.2. The van der Waals surface area contributed by atoms with E-state index in [0.717, 1.165) is 5.69 Å². The number of nitrogens with zero attached hydrogens (tertiary/aromatic N) is 3. The molecular weight excluding hydrogens is 660 g/mol. The van der Waals surface area contributed by atoms with Gasteiger partial charge in [-0.3, -0.25) is 14.3 Å². The number of amides is 1. The van der Waals surface area contributed by atoms with Crippen LogP contribution >= 0.6 is 0 Å². The molecule has 0 bridgehead atoms. The zero-order valence-corrected chi connectivity index (χ0v) is 32.3. The normalized spacial score (nSPS) is 40.2. The van der Waals surface area contributed by atoms with Crippen molar-refractivity contribution in [3.63, 3.8) is 0 Å². The number of cyclic esters (lactones) is 1. The molecule has 290 valence electrons. The van der Waals surface area contributed by atoms with Gasteiger partial charge in [-0.1, -0.05) is 20.8 Å². The number of aliphatic hydroxyl groups is 1. The first-order chi connectivity index (χ1) is 23.9. The molecule has 4 heterocycles. The lowest BCUT2D eigenvalue weighted by Gasteiger charge is -2.47. The van der Waals surface area contributed by atoms with Crippen molar-refractivity contribution in [1.29, 1.82) is 0 Å². The number of fused-ring (bicyclic) bond motifs is 1. The van der Waals surface area contributed by atoms with Gasteiger partial charge in [0.15, 0.2) is 17.7 Å². The molecule has 0 saturated carbocycles. The highest BCUT2D eigenvalue weighted by Gasteiger charge is 2.55. The minimum atomic E-state index is -1.17. The molecule has 0 spiro atoms. The molecule has 15 heteroatoms. The highest BCUT2D eigenvalue weighted by Crippen LogP contribution is 2.37. The number of hydrogen-bond acceptors (Lipinski definition) is 13. The van der Waals surface area contributed by atoms with Crippen molar-refractivity contribution < 1.29 is 43.2 Å². The molecule has 0 radical (unpaired) electrons. The maximum atomic E-state index is 14.3. The second-order valence-corrected chi connectivity index (χ2v) is 15.5. The minimum absolute atomic E-state index is 0.00718. The molecule has 4 N–H and O–H groups in total. The lowest BCUT2D eigenvalue weighted by atomic mass is 9.78. The molecule has 1 aromatic rings. The maximum absolute atomic E-state index is 14.3. The Morgan fingerprint density at radius 2 is 1.88 bits per heavy atom. The van der Waals surface area contributed by atoms with E-state index in [1.165, 1.54) is 6.92 Å². The molecule has 13 atom stereocenters. The van der Waals surface area contributed by atoms with Gasteiger partial charge in [0.1, 0.15) is 18.1 Å². The Morgan fingerprint density at radius 1 is 1.18 bits per heavy atom. The van der Waals surface area contributed by atoms with E-state index < -0.39 is 71.5 Å². The molecule has 0 aliphatic carbocycles. The number of ketones is 1. The number of rotatable bonds is 9. The topological polar surface area (TPSA) is 175 Å². The van der Waals surface area contributed by atoms with Crippen LogP contribution in [0.15, 0.2) is 12.3 Å². The summed E-state index contributed by atoms with van der Waals surface area (Å²) < 4.78 is 32.9. The molecular formula is C36H62N6O9. The van der Waals surface area contributed by atoms with E-state index in [2.05, 4.69) is 28.0 Å². The molecule has 3 aliphatic rings. The highest BCUT2D eigenvalue weighted by atomic mass is 16.7. The number of aromatic nitrogens is 2. The number of hydrogen-bond donors (Lipinski definition) is 4. The monoisotopic (exact) mass is 722 g/mol. The molecule has 3 fully saturated rings. The Bertz CT molecular complexity index is 1350. The van der Waals surface area contributed by atoms with E-state index in [-0.39, 0.29) is 24.1 Å². The Balaban J connectivity index is 1.64. The predicted octanol–water partition coefficient (Wildman–Crippen LogP) is 1.75. The quantitative estimate of drug-likeness (QED) is 0.215. The number of methoxy groups -OCH3 is 1. The molecule has 1 aromatic heterocycles. The predicted molar refractivity (Wildman–Crippen MR) is 189 cm³/mol. The molecule has 0 aromatic carbocycles. The second kappa shape index (κ2) is 17.0. The minimum Gasteiger partial charge on any atom is -0.458 e. The van der Waals surface area contributed by atoms with Crippen LogP contribution in [-0.4, -0.2) is 132 Å². The first kappa shape index (κ1) is 41.1. The second-order valence-electron chi connectivity index (χ2n) is 15.5. The fraction of sp³-hybridized carbons (Fsp3) is 0.833. The lowest BCUT2D eigenvalue weighted by Crippen LogP contribution is -2.60. The van der Waals surface area contributed by atoms with Gasteiger partial charge < -0.3 is 49.6 Å². The van der Waals surface area contributed by atoms with E-state index >= 15 is 0 Å². The molecule has 3 aliphatic heterocycles. The number of carbonyl (C=O) groups excluding carboxylic acids is 3. The molecule has 15 nitrogen and oxygen atoms in total. The van der Waals surface area contributed by atoms with Crippen molar-refractivity contribution in [1.82, 2.24) is 30.6 Å². The van der Waals surface area contributed by atoms with E-state index in [9.17, 15) is 19.5 Å². The largest absolute Gasteiger partial charge is 0.458 e. The fourth-order valence-electron chi connectivity index (χ4n) is 8.07. The van der Waals surface area contributed by atoms with Crippen LogP contribution in [-0.2, 0) is 46.9 Å². The Hall–Kier alpha value is -2.66. The van der Waals surface area contributed by atoms with Crippen molar-refractivity contribution in [2.24, 2.45) is 24.8 Å². The number of Topliss-reactive ketones (excluding diaryl/α,β-unsaturated/α-hetero) is 1. The summed E-state index contributed by atoms with van der Waals surface area (Å²) in [5.41, 5.74) is -1.32. The lowest BCUT2D eigenvalue weighted by molar-refractivity contribution is -0.297. The number of esters is 1. The zero-order chi connectivity index (χ0) is 37.8. The van der Waals surface area contributed by atoms with Gasteiger partial charge in [-0.05, 0) is 79.6 Å². The van der Waals surface area contributed by atoms with Crippen molar-refractivity contribution in [2.75, 3.05) is 34.3 Å². The molecule has 1 amide bonds. The summed E-state index contributed by atoms with van der Waals surface area (Å²) in [5.74, 6) is -3.14. The zero-order valence-electron chi connectivity index (χ0n) is 32.3. The summed E-state index contributed by atoms with van der Waals surface area (Å²) >= 11 is 0. The van der Waals surface area contributed by atoms with E-state index in [1.807, 2.05) is 59.1 Å². The number of carbonyl (C=O) groups is 3. The highest BCUT2D eigenvalue weighted by molar-refractivity contribution is 6.00. The van der Waals surface area contributed by atoms with Gasteiger partial charge in [0.2, 0.25) is 0 Å². The van der Waals surface area contributed by atoms with Crippen LogP contribution in [0.4, 0.5) is 4.79 Å². The molecule has 4 rings (SSSR count). The number of aliphatic hydroxyl groups excluding tert-OH is 1. The number of aryl methyl sites for hydroxylation is 1. The summed E-state index contributed by atoms with van der Waals surface area (Å²) in [4.78, 5) is 42.4. The molecule has 3 saturated heterocycles. The molecule has 51 heavy (non-hydrogen) atoms. The summed E-state index contributed by atoms with van der Waals surface area (Å²) in [7, 11) is 7.26. The summed E-state index contributed by atoms with van der Waals surface area (Å²) in [6.07, 6.45) is -1.48. The van der Waals surface area contributed by atoms with Gasteiger partial charge in [-0.2, -0.15) is 5.10 Å². The summed E-state index contributed by atoms with van der Waals surface area (Å²) in [6.45, 7) is 14.3. The van der Waals surface area contributed by atoms with Gasteiger partial charge in [0.25, 0.3) is 0 Å². The van der Waals surface area contributed by atoms with Crippen molar-refractivity contribution >= 4 is 17.8 Å². The average molecular weight is 723 g/mol. The summed E-state index contributed by atoms with van der Waals surface area (Å²) in [5, 5.41) is 25.9. The van der Waals surface area contributed by atoms with Crippen molar-refractivity contribution in [3.05, 3.63) is 18.0 Å². The summed E-state index contributed by atoms with van der Waals surface area (Å²) in [6, 6.07) is 0.897. The van der Waals surface area contributed by atoms with E-state index in [1.54, 1.807) is 25.6 Å². The van der Waals surface area contributed by atoms with Crippen LogP contribution in [0.3, 0.4) is 0 Å². The van der Waals surface area contributed by atoms with Crippen LogP contribution in [0.25, 0.3) is 0 Å². The fourth-order valence-corrected chi connectivity index (χ4v) is 8.07. The van der Waals surface area contributed by atoms with Gasteiger partial charge in [-0.25, -0.2) is 4.79 Å². The Morgan fingerprint density at radius 3 is 2.49 bits per heavy atom. The molecule has 4 unspecified atom stereocenters. The first-order valence-corrected chi connectivity index (χ1v) is 18.3. The van der Waals surface area contributed by atoms with Gasteiger partial charge in [-0.15, -0.1) is 0 Å². The third kappa shape index (κ3) is 9.29. The van der Waals surface area contributed by atoms with Crippen LogP contribution < -0.4 is 16.0 Å². The van der Waals surface area contributed by atoms with E-state index in [4.69, 9.17) is 23.7 Å². The van der Waals surface area contributed by atoms with Crippen LogP contribution in [0.2, 0.25) is 0 Å². The van der Waals surface area contributed by atoms with Gasteiger partial charge >= 0.3 is 12.1 Å². The Kier molecular flexibility index (Phi) is 13.7. The average Bonchev–Trinajstić information content (AvgIpc) is 3.64. The first-order valence-electron chi connectivity index (χ1n) is 18.3. The smallest absolute Gasteiger partial charge is 0.408 e. The number of likely N-dealkylation sites (N-methyl/N-ethyl adjacent to an activating group) is 1. The van der Waals surface area contributed by atoms with E-state index in [0.29, 0.717) is 38.9 Å². The van der Waals surface area contributed by atoms with Gasteiger partial charge in [0, 0.05) is 51.4 Å².